The molecule has 1 aliphatic carbocycles. The molecule has 0 radical (unpaired) electrons. The van der Waals surface area contributed by atoms with Crippen LogP contribution >= 0.6 is 0 Å². The van der Waals surface area contributed by atoms with Gasteiger partial charge in [0, 0.05) is 0 Å². The molecule has 0 bridgehead atoms. The molecule has 3 rings (SSSR count). The first-order valence-corrected chi connectivity index (χ1v) is 7.66. The molecule has 22 heavy (non-hydrogen) atoms. The van der Waals surface area contributed by atoms with Gasteiger partial charge in [0.25, 0.3) is 0 Å². The van der Waals surface area contributed by atoms with Gasteiger partial charge < -0.3 is 10.4 Å². The average molecular weight is 295 g/mol. The van der Waals surface area contributed by atoms with E-state index in [9.17, 15) is 9.90 Å². The average Bonchev–Trinajstić information content (AvgIpc) is 3.36. The van der Waals surface area contributed by atoms with E-state index < -0.39 is 11.0 Å². The lowest BCUT2D eigenvalue weighted by Gasteiger charge is -2.26. The summed E-state index contributed by atoms with van der Waals surface area (Å²) in [5.74, 6) is 0.00917. The number of nitrogens with one attached hydrogen (secondary N) is 1. The largest absolute Gasteiger partial charge is 0.384 e. The summed E-state index contributed by atoms with van der Waals surface area (Å²) in [6.07, 6.45) is 1.74. The minimum atomic E-state index is -1.07. The van der Waals surface area contributed by atoms with Gasteiger partial charge in [0.15, 0.2) is 0 Å². The van der Waals surface area contributed by atoms with Gasteiger partial charge in [0.2, 0.25) is 5.91 Å². The van der Waals surface area contributed by atoms with Crippen LogP contribution in [-0.2, 0) is 15.8 Å². The molecule has 0 heterocycles. The quantitative estimate of drug-likeness (QED) is 0.891. The van der Waals surface area contributed by atoms with Crippen molar-refractivity contribution in [2.45, 2.75) is 30.8 Å². The molecule has 1 unspecified atom stereocenters. The lowest BCUT2D eigenvalue weighted by atomic mass is 9.93. The Morgan fingerprint density at radius 1 is 1.09 bits per heavy atom. The molecule has 114 valence electrons. The summed E-state index contributed by atoms with van der Waals surface area (Å²) >= 11 is 0. The first-order chi connectivity index (χ1) is 10.5. The van der Waals surface area contributed by atoms with Crippen LogP contribution in [0.15, 0.2) is 60.7 Å². The summed E-state index contributed by atoms with van der Waals surface area (Å²) in [6.45, 7) is 1.94. The van der Waals surface area contributed by atoms with E-state index in [1.165, 1.54) is 0 Å². The monoisotopic (exact) mass is 295 g/mol. The van der Waals surface area contributed by atoms with Gasteiger partial charge in [0.05, 0.1) is 12.0 Å². The van der Waals surface area contributed by atoms with E-state index in [2.05, 4.69) is 5.32 Å². The molecule has 3 nitrogen and oxygen atoms in total. The molecule has 1 amide bonds. The maximum atomic E-state index is 12.6. The van der Waals surface area contributed by atoms with E-state index in [0.29, 0.717) is 0 Å². The Hall–Kier alpha value is -2.13. The van der Waals surface area contributed by atoms with E-state index in [0.717, 1.165) is 24.0 Å². The first kappa shape index (κ1) is 14.8. The zero-order valence-corrected chi connectivity index (χ0v) is 12.8. The highest BCUT2D eigenvalue weighted by molar-refractivity contribution is 5.91. The molecule has 1 atom stereocenters. The number of carbonyl (C=O) groups is 1. The minimum Gasteiger partial charge on any atom is -0.384 e. The second-order valence-corrected chi connectivity index (χ2v) is 6.27. The molecule has 0 aromatic heterocycles. The lowest BCUT2D eigenvalue weighted by Crippen LogP contribution is -2.43. The van der Waals surface area contributed by atoms with Crippen LogP contribution in [0.4, 0.5) is 0 Å². The van der Waals surface area contributed by atoms with Crippen molar-refractivity contribution in [2.75, 3.05) is 6.54 Å². The highest BCUT2D eigenvalue weighted by Crippen LogP contribution is 2.48. The molecule has 1 fully saturated rings. The van der Waals surface area contributed by atoms with Crippen LogP contribution in [0, 0.1) is 0 Å². The van der Waals surface area contributed by atoms with Crippen LogP contribution in [0.5, 0.6) is 0 Å². The molecule has 1 saturated carbocycles. The van der Waals surface area contributed by atoms with Gasteiger partial charge in [-0.05, 0) is 30.9 Å². The van der Waals surface area contributed by atoms with Crippen molar-refractivity contribution in [3.63, 3.8) is 0 Å². The van der Waals surface area contributed by atoms with Gasteiger partial charge >= 0.3 is 0 Å². The molecule has 0 saturated heterocycles. The van der Waals surface area contributed by atoms with Gasteiger partial charge in [-0.3, -0.25) is 4.79 Å². The summed E-state index contributed by atoms with van der Waals surface area (Å²) in [5.41, 5.74) is 0.407. The summed E-state index contributed by atoms with van der Waals surface area (Å²) in [7, 11) is 0. The van der Waals surface area contributed by atoms with Gasteiger partial charge in [-0.15, -0.1) is 0 Å². The van der Waals surface area contributed by atoms with Crippen LogP contribution in [0.1, 0.15) is 30.9 Å². The number of benzene rings is 2. The van der Waals surface area contributed by atoms with Crippen molar-refractivity contribution in [3.8, 4) is 0 Å². The second-order valence-electron chi connectivity index (χ2n) is 6.27. The Kier molecular flexibility index (Phi) is 3.75. The number of carbonyl (C=O) groups excluding carboxylic acids is 1. The number of amides is 1. The molecule has 1 aliphatic rings. The standard InChI is InChI=1S/C19H21NO2/c1-18(22,15-8-4-2-5-9-15)14-20-17(21)19(12-13-19)16-10-6-3-7-11-16/h2-11,22H,12-14H2,1H3,(H,20,21). The van der Waals surface area contributed by atoms with E-state index in [4.69, 9.17) is 0 Å². The smallest absolute Gasteiger partial charge is 0.230 e. The fourth-order valence-electron chi connectivity index (χ4n) is 2.85. The Morgan fingerprint density at radius 2 is 1.64 bits per heavy atom. The summed E-state index contributed by atoms with van der Waals surface area (Å²) in [4.78, 5) is 12.6. The zero-order chi connectivity index (χ0) is 15.6. The lowest BCUT2D eigenvalue weighted by molar-refractivity contribution is -0.124. The van der Waals surface area contributed by atoms with E-state index in [1.54, 1.807) is 6.92 Å². The summed E-state index contributed by atoms with van der Waals surface area (Å²) in [5, 5.41) is 13.5. The first-order valence-electron chi connectivity index (χ1n) is 7.66. The highest BCUT2D eigenvalue weighted by atomic mass is 16.3. The van der Waals surface area contributed by atoms with Crippen molar-refractivity contribution in [3.05, 3.63) is 71.8 Å². The van der Waals surface area contributed by atoms with Gasteiger partial charge in [-0.2, -0.15) is 0 Å². The predicted molar refractivity (Wildman–Crippen MR) is 86.4 cm³/mol. The third kappa shape index (κ3) is 2.77. The normalized spacial score (nSPS) is 18.3. The number of hydrogen-bond acceptors (Lipinski definition) is 2. The van der Waals surface area contributed by atoms with E-state index >= 15 is 0 Å². The second kappa shape index (κ2) is 5.58. The maximum absolute atomic E-state index is 12.6. The van der Waals surface area contributed by atoms with Gasteiger partial charge in [-0.25, -0.2) is 0 Å². The Balaban J connectivity index is 1.68. The van der Waals surface area contributed by atoms with Crippen molar-refractivity contribution < 1.29 is 9.90 Å². The van der Waals surface area contributed by atoms with Crippen LogP contribution in [0.3, 0.4) is 0 Å². The van der Waals surface area contributed by atoms with Crippen molar-refractivity contribution in [1.29, 1.82) is 0 Å². The Labute approximate surface area is 131 Å². The molecular weight excluding hydrogens is 274 g/mol. The molecule has 0 aliphatic heterocycles. The van der Waals surface area contributed by atoms with Crippen molar-refractivity contribution >= 4 is 5.91 Å². The van der Waals surface area contributed by atoms with Crippen molar-refractivity contribution in [2.24, 2.45) is 0 Å². The fourth-order valence-corrected chi connectivity index (χ4v) is 2.85. The van der Waals surface area contributed by atoms with Crippen LogP contribution in [-0.4, -0.2) is 17.6 Å². The number of hydrogen-bond donors (Lipinski definition) is 2. The molecule has 2 N–H and O–H groups in total. The molecule has 0 spiro atoms. The summed E-state index contributed by atoms with van der Waals surface area (Å²) in [6, 6.07) is 19.3. The Morgan fingerprint density at radius 3 is 2.18 bits per heavy atom. The predicted octanol–water partition coefficient (Wildman–Crippen LogP) is 2.74. The molecule has 2 aromatic carbocycles. The van der Waals surface area contributed by atoms with Crippen LogP contribution in [0.25, 0.3) is 0 Å². The fraction of sp³-hybridized carbons (Fsp3) is 0.316. The molecule has 3 heteroatoms. The van der Waals surface area contributed by atoms with E-state index in [1.807, 2.05) is 60.7 Å². The van der Waals surface area contributed by atoms with Crippen LogP contribution in [0.2, 0.25) is 0 Å². The highest BCUT2D eigenvalue weighted by Gasteiger charge is 2.51. The molecule has 2 aromatic rings. The maximum Gasteiger partial charge on any atom is 0.230 e. The third-order valence-electron chi connectivity index (χ3n) is 4.50. The SMILES string of the molecule is CC(O)(CNC(=O)C1(c2ccccc2)CC1)c1ccccc1. The molecular formula is C19H21NO2. The van der Waals surface area contributed by atoms with E-state index in [-0.39, 0.29) is 12.5 Å². The topological polar surface area (TPSA) is 49.3 Å². The summed E-state index contributed by atoms with van der Waals surface area (Å²) < 4.78 is 0. The van der Waals surface area contributed by atoms with Gasteiger partial charge in [0.1, 0.15) is 5.60 Å². The van der Waals surface area contributed by atoms with Gasteiger partial charge in [-0.1, -0.05) is 60.7 Å². The van der Waals surface area contributed by atoms with Crippen LogP contribution < -0.4 is 5.32 Å². The zero-order valence-electron chi connectivity index (χ0n) is 12.8. The van der Waals surface area contributed by atoms with Crippen molar-refractivity contribution in [1.82, 2.24) is 5.32 Å². The number of aliphatic hydroxyl groups is 1. The minimum absolute atomic E-state index is 0.00917. The Bertz CT molecular complexity index is 646. The number of rotatable bonds is 5. The third-order valence-corrected chi connectivity index (χ3v) is 4.50.